The van der Waals surface area contributed by atoms with Gasteiger partial charge in [-0.1, -0.05) is 42.5 Å². The second kappa shape index (κ2) is 7.61. The van der Waals surface area contributed by atoms with E-state index in [1.54, 1.807) is 4.57 Å². The van der Waals surface area contributed by atoms with E-state index >= 15 is 0 Å². The number of piperazine rings is 1. The van der Waals surface area contributed by atoms with Gasteiger partial charge in [0.1, 0.15) is 0 Å². The van der Waals surface area contributed by atoms with Gasteiger partial charge >= 0.3 is 0 Å². The van der Waals surface area contributed by atoms with E-state index in [2.05, 4.69) is 40.1 Å². The molecule has 150 valence electrons. The van der Waals surface area contributed by atoms with Gasteiger partial charge in [0.25, 0.3) is 5.56 Å². The molecule has 0 saturated carbocycles. The zero-order valence-corrected chi connectivity index (χ0v) is 16.4. The number of aliphatic hydroxyl groups is 1. The number of benzene rings is 2. The van der Waals surface area contributed by atoms with E-state index in [0.717, 1.165) is 25.2 Å². The average molecular weight is 390 g/mol. The highest BCUT2D eigenvalue weighted by molar-refractivity contribution is 5.78. The molecular weight excluding hydrogens is 364 g/mol. The molecule has 2 fully saturated rings. The Morgan fingerprint density at radius 3 is 2.38 bits per heavy atom. The van der Waals surface area contributed by atoms with Crippen LogP contribution in [0, 0.1) is 0 Å². The third-order valence-electron chi connectivity index (χ3n) is 6.29. The van der Waals surface area contributed by atoms with Crippen LogP contribution in [-0.4, -0.2) is 51.3 Å². The molecule has 0 aliphatic carbocycles. The van der Waals surface area contributed by atoms with E-state index in [1.807, 2.05) is 24.3 Å². The summed E-state index contributed by atoms with van der Waals surface area (Å²) in [6.45, 7) is 2.89. The Hall–Kier alpha value is -2.70. The maximum absolute atomic E-state index is 13.0. The van der Waals surface area contributed by atoms with Crippen LogP contribution in [0.25, 0.3) is 10.9 Å². The quantitative estimate of drug-likeness (QED) is 0.724. The van der Waals surface area contributed by atoms with Crippen LogP contribution < -0.4 is 10.5 Å². The lowest BCUT2D eigenvalue weighted by molar-refractivity contribution is 0.159. The molecule has 3 heterocycles. The highest BCUT2D eigenvalue weighted by atomic mass is 16.3. The molecule has 0 radical (unpaired) electrons. The Balaban J connectivity index is 1.46. The fourth-order valence-corrected chi connectivity index (χ4v) is 4.91. The van der Waals surface area contributed by atoms with Crippen LogP contribution in [0.5, 0.6) is 0 Å². The van der Waals surface area contributed by atoms with Gasteiger partial charge in [-0.2, -0.15) is 0 Å². The van der Waals surface area contributed by atoms with Crippen LogP contribution >= 0.6 is 0 Å². The summed E-state index contributed by atoms with van der Waals surface area (Å²) in [4.78, 5) is 22.8. The summed E-state index contributed by atoms with van der Waals surface area (Å²) in [6, 6.07) is 19.0. The van der Waals surface area contributed by atoms with Crippen LogP contribution in [0.1, 0.15) is 18.4 Å². The van der Waals surface area contributed by atoms with Crippen molar-refractivity contribution in [3.05, 3.63) is 70.5 Å². The van der Waals surface area contributed by atoms with E-state index in [0.29, 0.717) is 23.4 Å². The SMILES string of the molecule is O=c1c2ccccc2nc(N2CC3CCC(C2)N3Cc2ccccc2)n1CCO. The number of rotatable bonds is 5. The van der Waals surface area contributed by atoms with Gasteiger partial charge in [-0.05, 0) is 30.5 Å². The molecule has 0 spiro atoms. The predicted molar refractivity (Wildman–Crippen MR) is 114 cm³/mol. The maximum atomic E-state index is 13.0. The van der Waals surface area contributed by atoms with E-state index in [9.17, 15) is 9.90 Å². The minimum atomic E-state index is -0.0756. The Morgan fingerprint density at radius 1 is 0.966 bits per heavy atom. The summed E-state index contributed by atoms with van der Waals surface area (Å²) in [5.41, 5.74) is 2.00. The highest BCUT2D eigenvalue weighted by Gasteiger charge is 2.40. The van der Waals surface area contributed by atoms with Crippen molar-refractivity contribution in [1.82, 2.24) is 14.5 Å². The summed E-state index contributed by atoms with van der Waals surface area (Å²) in [5.74, 6) is 0.694. The first-order valence-corrected chi connectivity index (χ1v) is 10.4. The van der Waals surface area contributed by atoms with Crippen molar-refractivity contribution in [2.45, 2.75) is 38.0 Å². The van der Waals surface area contributed by atoms with Gasteiger partial charge in [0.2, 0.25) is 5.95 Å². The number of anilines is 1. The first-order valence-electron chi connectivity index (χ1n) is 10.4. The summed E-state index contributed by atoms with van der Waals surface area (Å²) in [7, 11) is 0. The molecule has 2 bridgehead atoms. The average Bonchev–Trinajstić information content (AvgIpc) is 2.97. The van der Waals surface area contributed by atoms with Crippen molar-refractivity contribution in [2.24, 2.45) is 0 Å². The van der Waals surface area contributed by atoms with Crippen LogP contribution in [0.4, 0.5) is 5.95 Å². The van der Waals surface area contributed by atoms with Crippen LogP contribution in [0.15, 0.2) is 59.4 Å². The van der Waals surface area contributed by atoms with Crippen LogP contribution in [0.3, 0.4) is 0 Å². The summed E-state index contributed by atoms with van der Waals surface area (Å²) in [5, 5.41) is 10.2. The standard InChI is InChI=1S/C23H26N4O2/c28-13-12-26-22(29)20-8-4-5-9-21(20)24-23(26)25-15-18-10-11-19(16-25)27(18)14-17-6-2-1-3-7-17/h1-9,18-19,28H,10-16H2. The molecule has 2 unspecified atom stereocenters. The Morgan fingerprint density at radius 2 is 1.66 bits per heavy atom. The highest BCUT2D eigenvalue weighted by Crippen LogP contribution is 2.33. The molecular formula is C23H26N4O2. The zero-order valence-electron chi connectivity index (χ0n) is 16.4. The van der Waals surface area contributed by atoms with E-state index in [-0.39, 0.29) is 18.7 Å². The molecule has 2 aliphatic rings. The van der Waals surface area contributed by atoms with Crippen molar-refractivity contribution in [3.8, 4) is 0 Å². The number of aromatic nitrogens is 2. The smallest absolute Gasteiger partial charge is 0.262 e. The molecule has 6 heteroatoms. The minimum Gasteiger partial charge on any atom is -0.395 e. The topological polar surface area (TPSA) is 61.6 Å². The van der Waals surface area contributed by atoms with Gasteiger partial charge in [-0.25, -0.2) is 4.98 Å². The molecule has 2 saturated heterocycles. The van der Waals surface area contributed by atoms with Gasteiger partial charge in [-0.3, -0.25) is 14.3 Å². The van der Waals surface area contributed by atoms with E-state index in [1.165, 1.54) is 18.4 Å². The predicted octanol–water partition coefficient (Wildman–Crippen LogP) is 2.24. The number of hydrogen-bond acceptors (Lipinski definition) is 5. The molecule has 5 rings (SSSR count). The van der Waals surface area contributed by atoms with Crippen molar-refractivity contribution in [2.75, 3.05) is 24.6 Å². The summed E-state index contributed by atoms with van der Waals surface area (Å²) in [6.07, 6.45) is 2.34. The van der Waals surface area contributed by atoms with Crippen molar-refractivity contribution in [3.63, 3.8) is 0 Å². The second-order valence-electron chi connectivity index (χ2n) is 8.06. The third-order valence-corrected chi connectivity index (χ3v) is 6.29. The molecule has 6 nitrogen and oxygen atoms in total. The Bertz CT molecular complexity index is 1050. The Labute approximate surface area is 170 Å². The molecule has 29 heavy (non-hydrogen) atoms. The van der Waals surface area contributed by atoms with Crippen molar-refractivity contribution < 1.29 is 5.11 Å². The van der Waals surface area contributed by atoms with E-state index < -0.39 is 0 Å². The first-order chi connectivity index (χ1) is 14.2. The fraction of sp³-hybridized carbons (Fsp3) is 0.391. The molecule has 2 aromatic carbocycles. The summed E-state index contributed by atoms with van der Waals surface area (Å²) < 4.78 is 1.65. The number of hydrogen-bond donors (Lipinski definition) is 1. The number of fused-ring (bicyclic) bond motifs is 3. The molecule has 3 aromatic rings. The van der Waals surface area contributed by atoms with Gasteiger partial charge in [0.05, 0.1) is 24.1 Å². The lowest BCUT2D eigenvalue weighted by Gasteiger charge is -2.42. The van der Waals surface area contributed by atoms with E-state index in [4.69, 9.17) is 4.98 Å². The van der Waals surface area contributed by atoms with Crippen molar-refractivity contribution >= 4 is 16.9 Å². The lowest BCUT2D eigenvalue weighted by Crippen LogP contribution is -2.54. The largest absolute Gasteiger partial charge is 0.395 e. The van der Waals surface area contributed by atoms with Crippen LogP contribution in [0.2, 0.25) is 0 Å². The van der Waals surface area contributed by atoms with Crippen LogP contribution in [-0.2, 0) is 13.1 Å². The Kier molecular flexibility index (Phi) is 4.81. The summed E-state index contributed by atoms with van der Waals surface area (Å²) >= 11 is 0. The molecule has 2 aliphatic heterocycles. The fourth-order valence-electron chi connectivity index (χ4n) is 4.91. The third kappa shape index (κ3) is 3.32. The zero-order chi connectivity index (χ0) is 19.8. The van der Waals surface area contributed by atoms with Gasteiger partial charge in [0.15, 0.2) is 0 Å². The first kappa shape index (κ1) is 18.3. The molecule has 1 aromatic heterocycles. The molecule has 1 N–H and O–H groups in total. The van der Waals surface area contributed by atoms with Gasteiger partial charge < -0.3 is 10.0 Å². The molecule has 2 atom stereocenters. The maximum Gasteiger partial charge on any atom is 0.262 e. The lowest BCUT2D eigenvalue weighted by atomic mass is 10.1. The monoisotopic (exact) mass is 390 g/mol. The number of para-hydroxylation sites is 1. The number of nitrogens with zero attached hydrogens (tertiary/aromatic N) is 4. The normalized spacial score (nSPS) is 21.8. The van der Waals surface area contributed by atoms with Gasteiger partial charge in [0, 0.05) is 31.7 Å². The number of aliphatic hydroxyl groups excluding tert-OH is 1. The van der Waals surface area contributed by atoms with Gasteiger partial charge in [-0.15, -0.1) is 0 Å². The minimum absolute atomic E-state index is 0.0706. The second-order valence-corrected chi connectivity index (χ2v) is 8.06. The molecule has 0 amide bonds. The van der Waals surface area contributed by atoms with Crippen molar-refractivity contribution in [1.29, 1.82) is 0 Å².